The number of carbonyl (C=O) groups excluding carboxylic acids is 1. The van der Waals surface area contributed by atoms with E-state index in [2.05, 4.69) is 10.0 Å². The Balaban J connectivity index is 1.70. The summed E-state index contributed by atoms with van der Waals surface area (Å²) in [6.45, 7) is 1.79. The molecule has 0 spiro atoms. The quantitative estimate of drug-likeness (QED) is 0.631. The van der Waals surface area contributed by atoms with Crippen molar-refractivity contribution in [3.8, 4) is 6.07 Å². The molecule has 0 radical (unpaired) electrons. The van der Waals surface area contributed by atoms with Crippen LogP contribution in [-0.2, 0) is 16.6 Å². The number of benzene rings is 3. The van der Waals surface area contributed by atoms with Gasteiger partial charge >= 0.3 is 0 Å². The van der Waals surface area contributed by atoms with Crippen molar-refractivity contribution in [2.75, 3.05) is 4.72 Å². The summed E-state index contributed by atoms with van der Waals surface area (Å²) in [4.78, 5) is 12.2. The standard InChI is InChI=1S/C22H18FN3O3S/c1-15-5-10-20(12-21(15)23)30(28,29)26-19-4-2-3-18(11-19)22(27)25-14-17-8-6-16(13-24)7-9-17/h2-12,26H,14H2,1H3,(H,25,27). The molecule has 2 N–H and O–H groups in total. The highest BCUT2D eigenvalue weighted by atomic mass is 32.2. The van der Waals surface area contributed by atoms with Crippen LogP contribution in [0.2, 0.25) is 0 Å². The predicted molar refractivity (Wildman–Crippen MR) is 111 cm³/mol. The molecule has 30 heavy (non-hydrogen) atoms. The molecule has 6 nitrogen and oxygen atoms in total. The second kappa shape index (κ2) is 8.76. The highest BCUT2D eigenvalue weighted by molar-refractivity contribution is 7.92. The Bertz CT molecular complexity index is 1230. The largest absolute Gasteiger partial charge is 0.348 e. The van der Waals surface area contributed by atoms with Crippen LogP contribution in [0.1, 0.15) is 27.0 Å². The van der Waals surface area contributed by atoms with Crippen LogP contribution in [-0.4, -0.2) is 14.3 Å². The molecule has 0 saturated heterocycles. The van der Waals surface area contributed by atoms with Gasteiger partial charge in [0.2, 0.25) is 0 Å². The van der Waals surface area contributed by atoms with Crippen molar-refractivity contribution < 1.29 is 17.6 Å². The Labute approximate surface area is 174 Å². The third kappa shape index (κ3) is 5.01. The molecule has 8 heteroatoms. The lowest BCUT2D eigenvalue weighted by molar-refractivity contribution is 0.0951. The zero-order chi connectivity index (χ0) is 21.7. The first-order chi connectivity index (χ1) is 14.3. The maximum Gasteiger partial charge on any atom is 0.261 e. The molecule has 0 heterocycles. The summed E-state index contributed by atoms with van der Waals surface area (Å²) >= 11 is 0. The molecule has 3 rings (SSSR count). The Hall–Kier alpha value is -3.70. The van der Waals surface area contributed by atoms with Gasteiger partial charge in [-0.3, -0.25) is 9.52 Å². The van der Waals surface area contributed by atoms with Crippen molar-refractivity contribution in [3.63, 3.8) is 0 Å². The van der Waals surface area contributed by atoms with Gasteiger partial charge in [0.1, 0.15) is 5.82 Å². The number of nitriles is 1. The maximum absolute atomic E-state index is 13.7. The molecular formula is C22H18FN3O3S. The number of halogens is 1. The fourth-order valence-electron chi connectivity index (χ4n) is 2.66. The SMILES string of the molecule is Cc1ccc(S(=O)(=O)Nc2cccc(C(=O)NCc3ccc(C#N)cc3)c2)cc1F. The molecule has 3 aromatic carbocycles. The first kappa shape index (κ1) is 21.0. The third-order valence-corrected chi connectivity index (χ3v) is 5.75. The number of nitrogens with one attached hydrogen (secondary N) is 2. The molecular weight excluding hydrogens is 405 g/mol. The molecule has 1 amide bonds. The number of carbonyl (C=O) groups is 1. The van der Waals surface area contributed by atoms with Gasteiger partial charge in [0.15, 0.2) is 0 Å². The Morgan fingerprint density at radius 1 is 1.07 bits per heavy atom. The van der Waals surface area contributed by atoms with Crippen molar-refractivity contribution in [1.29, 1.82) is 5.26 Å². The van der Waals surface area contributed by atoms with Crippen LogP contribution in [0.25, 0.3) is 0 Å². The average molecular weight is 423 g/mol. The Morgan fingerprint density at radius 3 is 2.47 bits per heavy atom. The Morgan fingerprint density at radius 2 is 1.80 bits per heavy atom. The number of amides is 1. The van der Waals surface area contributed by atoms with Crippen LogP contribution in [0, 0.1) is 24.1 Å². The molecule has 0 unspecified atom stereocenters. The third-order valence-electron chi connectivity index (χ3n) is 4.37. The first-order valence-electron chi connectivity index (χ1n) is 8.95. The minimum atomic E-state index is -4.01. The van der Waals surface area contributed by atoms with E-state index in [4.69, 9.17) is 5.26 Å². The van der Waals surface area contributed by atoms with E-state index in [0.29, 0.717) is 11.1 Å². The Kier molecular flexibility index (Phi) is 6.14. The maximum atomic E-state index is 13.7. The van der Waals surface area contributed by atoms with Gasteiger partial charge in [-0.05, 0) is 60.5 Å². The first-order valence-corrected chi connectivity index (χ1v) is 10.4. The topological polar surface area (TPSA) is 99.1 Å². The molecule has 152 valence electrons. The molecule has 0 aliphatic heterocycles. The summed E-state index contributed by atoms with van der Waals surface area (Å²) in [5.74, 6) is -1.00. The fraction of sp³-hybridized carbons (Fsp3) is 0.0909. The summed E-state index contributed by atoms with van der Waals surface area (Å²) in [5.41, 5.74) is 2.13. The molecule has 0 atom stereocenters. The smallest absolute Gasteiger partial charge is 0.261 e. The highest BCUT2D eigenvalue weighted by Gasteiger charge is 2.16. The number of nitrogens with zero attached hydrogens (tertiary/aromatic N) is 1. The lowest BCUT2D eigenvalue weighted by Gasteiger charge is -2.11. The van der Waals surface area contributed by atoms with Gasteiger partial charge in [-0.15, -0.1) is 0 Å². The van der Waals surface area contributed by atoms with Crippen molar-refractivity contribution in [2.24, 2.45) is 0 Å². The van der Waals surface area contributed by atoms with Gasteiger partial charge in [0.25, 0.3) is 15.9 Å². The van der Waals surface area contributed by atoms with E-state index in [1.807, 2.05) is 6.07 Å². The number of hydrogen-bond donors (Lipinski definition) is 2. The van der Waals surface area contributed by atoms with Crippen LogP contribution in [0.3, 0.4) is 0 Å². The van der Waals surface area contributed by atoms with Crippen molar-refractivity contribution in [1.82, 2.24) is 5.32 Å². The van der Waals surface area contributed by atoms with Gasteiger partial charge in [-0.25, -0.2) is 12.8 Å². The second-order valence-electron chi connectivity index (χ2n) is 6.59. The van der Waals surface area contributed by atoms with E-state index < -0.39 is 15.8 Å². The van der Waals surface area contributed by atoms with E-state index >= 15 is 0 Å². The van der Waals surface area contributed by atoms with Crippen molar-refractivity contribution in [2.45, 2.75) is 18.4 Å². The van der Waals surface area contributed by atoms with Crippen LogP contribution < -0.4 is 10.0 Å². The molecule has 0 aliphatic rings. The van der Waals surface area contributed by atoms with E-state index in [0.717, 1.165) is 11.6 Å². The molecule has 0 bridgehead atoms. The van der Waals surface area contributed by atoms with Gasteiger partial charge in [0, 0.05) is 17.8 Å². The second-order valence-corrected chi connectivity index (χ2v) is 8.27. The number of aryl methyl sites for hydroxylation is 1. The highest BCUT2D eigenvalue weighted by Crippen LogP contribution is 2.19. The number of hydrogen-bond acceptors (Lipinski definition) is 4. The van der Waals surface area contributed by atoms with Gasteiger partial charge < -0.3 is 5.32 Å². The normalized spacial score (nSPS) is 10.8. The minimum absolute atomic E-state index is 0.182. The molecule has 3 aromatic rings. The van der Waals surface area contributed by atoms with Crippen LogP contribution in [0.5, 0.6) is 0 Å². The lowest BCUT2D eigenvalue weighted by atomic mass is 10.1. The monoisotopic (exact) mass is 423 g/mol. The van der Waals surface area contributed by atoms with E-state index in [9.17, 15) is 17.6 Å². The average Bonchev–Trinajstić information content (AvgIpc) is 2.74. The molecule has 0 saturated carbocycles. The summed E-state index contributed by atoms with van der Waals surface area (Å²) < 4.78 is 41.1. The van der Waals surface area contributed by atoms with Gasteiger partial charge in [0.05, 0.1) is 16.5 Å². The van der Waals surface area contributed by atoms with Crippen molar-refractivity contribution >= 4 is 21.6 Å². The van der Waals surface area contributed by atoms with Gasteiger partial charge in [-0.1, -0.05) is 24.3 Å². The van der Waals surface area contributed by atoms with E-state index in [1.54, 1.807) is 43.3 Å². The number of rotatable bonds is 6. The van der Waals surface area contributed by atoms with Gasteiger partial charge in [-0.2, -0.15) is 5.26 Å². The zero-order valence-corrected chi connectivity index (χ0v) is 16.8. The van der Waals surface area contributed by atoms with Crippen LogP contribution in [0.15, 0.2) is 71.6 Å². The van der Waals surface area contributed by atoms with Crippen molar-refractivity contribution in [3.05, 3.63) is 94.8 Å². The summed E-state index contributed by atoms with van der Waals surface area (Å²) in [6, 6.07) is 18.5. The zero-order valence-electron chi connectivity index (χ0n) is 16.0. The van der Waals surface area contributed by atoms with Crippen LogP contribution >= 0.6 is 0 Å². The number of sulfonamides is 1. The predicted octanol–water partition coefficient (Wildman–Crippen LogP) is 3.74. The van der Waals surface area contributed by atoms with E-state index in [1.165, 1.54) is 24.3 Å². The fourth-order valence-corrected chi connectivity index (χ4v) is 3.72. The summed E-state index contributed by atoms with van der Waals surface area (Å²) in [6.07, 6.45) is 0. The molecule has 0 aromatic heterocycles. The molecule has 0 fully saturated rings. The summed E-state index contributed by atoms with van der Waals surface area (Å²) in [5, 5.41) is 11.6. The van der Waals surface area contributed by atoms with E-state index in [-0.39, 0.29) is 28.6 Å². The minimum Gasteiger partial charge on any atom is -0.348 e. The van der Waals surface area contributed by atoms with Crippen LogP contribution in [0.4, 0.5) is 10.1 Å². The summed E-state index contributed by atoms with van der Waals surface area (Å²) in [7, 11) is -4.01. The number of anilines is 1. The lowest BCUT2D eigenvalue weighted by Crippen LogP contribution is -2.23. The molecule has 0 aliphatic carbocycles.